The van der Waals surface area contributed by atoms with Gasteiger partial charge in [0.25, 0.3) is 0 Å². The molecule has 0 aliphatic carbocycles. The predicted octanol–water partition coefficient (Wildman–Crippen LogP) is 1.94. The van der Waals surface area contributed by atoms with Crippen LogP contribution in [-0.2, 0) is 0 Å². The van der Waals surface area contributed by atoms with Crippen molar-refractivity contribution in [2.45, 2.75) is 21.7 Å². The maximum atomic E-state index is 4.44. The minimum atomic E-state index is -1.85. The van der Waals surface area contributed by atoms with E-state index >= 15 is 0 Å². The molecule has 1 rings (SSSR count). The summed E-state index contributed by atoms with van der Waals surface area (Å²) in [6, 6.07) is 4.34. The molecule has 0 saturated heterocycles. The molecule has 60 valence electrons. The van der Waals surface area contributed by atoms with E-state index < -0.39 is 18.4 Å². The van der Waals surface area contributed by atoms with Gasteiger partial charge in [-0.15, -0.1) is 0 Å². The van der Waals surface area contributed by atoms with Gasteiger partial charge in [0.15, 0.2) is 0 Å². The van der Waals surface area contributed by atoms with Crippen molar-refractivity contribution in [3.05, 3.63) is 23.9 Å². The number of aryl methyl sites for hydroxylation is 1. The molecular formula is C9H15NSn. The van der Waals surface area contributed by atoms with Gasteiger partial charge >= 0.3 is 72.7 Å². The number of hydrogen-bond acceptors (Lipinski definition) is 1. The van der Waals surface area contributed by atoms with E-state index in [2.05, 4.69) is 38.9 Å². The molecule has 0 spiro atoms. The van der Waals surface area contributed by atoms with Crippen LogP contribution in [0.25, 0.3) is 0 Å². The van der Waals surface area contributed by atoms with Crippen LogP contribution >= 0.6 is 0 Å². The van der Waals surface area contributed by atoms with Crippen LogP contribution < -0.4 is 3.71 Å². The zero-order valence-corrected chi connectivity index (χ0v) is 10.5. The van der Waals surface area contributed by atoms with Crippen molar-refractivity contribution in [3.63, 3.8) is 0 Å². The van der Waals surface area contributed by atoms with Gasteiger partial charge in [-0.25, -0.2) is 0 Å². The molecule has 11 heavy (non-hydrogen) atoms. The molecule has 0 bridgehead atoms. The Labute approximate surface area is 72.7 Å². The molecule has 1 nitrogen and oxygen atoms in total. The Morgan fingerprint density at radius 3 is 2.18 bits per heavy atom. The Balaban J connectivity index is 2.99. The van der Waals surface area contributed by atoms with Gasteiger partial charge in [-0.3, -0.25) is 0 Å². The Morgan fingerprint density at radius 2 is 1.82 bits per heavy atom. The van der Waals surface area contributed by atoms with Gasteiger partial charge in [-0.05, 0) is 0 Å². The van der Waals surface area contributed by atoms with Gasteiger partial charge in [0, 0.05) is 0 Å². The molecule has 0 unspecified atom stereocenters. The summed E-state index contributed by atoms with van der Waals surface area (Å²) in [6.07, 6.45) is 1.97. The van der Waals surface area contributed by atoms with Crippen LogP contribution in [0.5, 0.6) is 0 Å². The molecule has 0 saturated carbocycles. The van der Waals surface area contributed by atoms with Crippen molar-refractivity contribution >= 4 is 22.1 Å². The van der Waals surface area contributed by atoms with Crippen LogP contribution in [0.4, 0.5) is 0 Å². The fraction of sp³-hybridized carbons (Fsp3) is 0.444. The third-order valence-electron chi connectivity index (χ3n) is 1.68. The number of pyridine rings is 1. The molecule has 0 aliphatic heterocycles. The van der Waals surface area contributed by atoms with Gasteiger partial charge in [0.05, 0.1) is 0 Å². The molecule has 0 aromatic carbocycles. The van der Waals surface area contributed by atoms with Crippen molar-refractivity contribution < 1.29 is 0 Å². The fourth-order valence-corrected chi connectivity index (χ4v) is 3.87. The average molecular weight is 256 g/mol. The standard InChI is InChI=1S/C6H6N.3CH3.Sn/c1-6-3-2-4-7-5-6;;;;/h2-3,5H,1H3;3*1H3;. The SMILES string of the molecule is Cc1cc[c]([Sn]([CH3])([CH3])[CH3])nc1. The number of nitrogens with zero attached hydrogens (tertiary/aromatic N) is 1. The van der Waals surface area contributed by atoms with E-state index in [4.69, 9.17) is 0 Å². The number of rotatable bonds is 1. The first-order valence-corrected chi connectivity index (χ1v) is 13.9. The monoisotopic (exact) mass is 257 g/mol. The van der Waals surface area contributed by atoms with E-state index in [1.165, 1.54) is 9.27 Å². The fourth-order valence-electron chi connectivity index (χ4n) is 0.911. The second-order valence-corrected chi connectivity index (χ2v) is 18.3. The molecule has 0 radical (unpaired) electrons. The van der Waals surface area contributed by atoms with Crippen molar-refractivity contribution in [3.8, 4) is 0 Å². The third-order valence-corrected chi connectivity index (χ3v) is 6.91. The van der Waals surface area contributed by atoms with Crippen LogP contribution in [0.15, 0.2) is 18.3 Å². The van der Waals surface area contributed by atoms with E-state index in [-0.39, 0.29) is 0 Å². The van der Waals surface area contributed by atoms with Gasteiger partial charge in [-0.1, -0.05) is 0 Å². The summed E-state index contributed by atoms with van der Waals surface area (Å²) in [5, 5.41) is 0. The summed E-state index contributed by atoms with van der Waals surface area (Å²) in [6.45, 7) is 2.08. The predicted molar refractivity (Wildman–Crippen MR) is 52.0 cm³/mol. The molecule has 1 aromatic rings. The first-order valence-electron chi connectivity index (χ1n) is 3.93. The first-order chi connectivity index (χ1) is 5.00. The summed E-state index contributed by atoms with van der Waals surface area (Å²) < 4.78 is 1.37. The minimum absolute atomic E-state index is 1.25. The molecule has 0 N–H and O–H groups in total. The zero-order valence-electron chi connectivity index (χ0n) is 7.68. The van der Waals surface area contributed by atoms with Gasteiger partial charge in [-0.2, -0.15) is 0 Å². The topological polar surface area (TPSA) is 12.9 Å². The molecule has 1 heterocycles. The molecule has 1 aromatic heterocycles. The second kappa shape index (κ2) is 3.13. The molecular weight excluding hydrogens is 241 g/mol. The Bertz CT molecular complexity index is 233. The number of hydrogen-bond donors (Lipinski definition) is 0. The van der Waals surface area contributed by atoms with E-state index in [0.29, 0.717) is 0 Å². The maximum absolute atomic E-state index is 4.44. The first kappa shape index (κ1) is 9.04. The Hall–Kier alpha value is -0.0513. The molecule has 0 amide bonds. The summed E-state index contributed by atoms with van der Waals surface area (Å²) in [5.74, 6) is 0. The molecule has 0 aliphatic rings. The summed E-state index contributed by atoms with van der Waals surface area (Å²) in [4.78, 5) is 11.6. The van der Waals surface area contributed by atoms with E-state index in [0.717, 1.165) is 0 Å². The summed E-state index contributed by atoms with van der Waals surface area (Å²) >= 11 is -1.85. The average Bonchev–Trinajstić information content (AvgIpc) is 1.86. The second-order valence-electron chi connectivity index (χ2n) is 3.97. The van der Waals surface area contributed by atoms with Crippen LogP contribution in [0.2, 0.25) is 14.8 Å². The normalized spacial score (nSPS) is 11.6. The van der Waals surface area contributed by atoms with E-state index in [9.17, 15) is 0 Å². The van der Waals surface area contributed by atoms with Crippen molar-refractivity contribution in [1.29, 1.82) is 0 Å². The van der Waals surface area contributed by atoms with Crippen molar-refractivity contribution in [2.75, 3.05) is 0 Å². The quantitative estimate of drug-likeness (QED) is 0.699. The third kappa shape index (κ3) is 2.47. The van der Waals surface area contributed by atoms with Crippen LogP contribution in [0.3, 0.4) is 0 Å². The van der Waals surface area contributed by atoms with Gasteiger partial charge in [0.2, 0.25) is 0 Å². The summed E-state index contributed by atoms with van der Waals surface area (Å²) in [5.41, 5.74) is 1.25. The van der Waals surface area contributed by atoms with Crippen molar-refractivity contribution in [2.24, 2.45) is 0 Å². The molecule has 2 heteroatoms. The molecule has 0 fully saturated rings. The summed E-state index contributed by atoms with van der Waals surface area (Å²) in [7, 11) is 0. The van der Waals surface area contributed by atoms with Gasteiger partial charge < -0.3 is 0 Å². The van der Waals surface area contributed by atoms with Crippen molar-refractivity contribution in [1.82, 2.24) is 4.98 Å². The Morgan fingerprint density at radius 1 is 1.18 bits per heavy atom. The van der Waals surface area contributed by atoms with Crippen LogP contribution in [0.1, 0.15) is 5.56 Å². The van der Waals surface area contributed by atoms with E-state index in [1.807, 2.05) is 6.20 Å². The molecule has 0 atom stereocenters. The zero-order chi connectivity index (χ0) is 8.48. The van der Waals surface area contributed by atoms with E-state index in [1.54, 1.807) is 0 Å². The Kier molecular flexibility index (Phi) is 2.57. The van der Waals surface area contributed by atoms with Crippen LogP contribution in [0, 0.1) is 6.92 Å². The van der Waals surface area contributed by atoms with Gasteiger partial charge in [0.1, 0.15) is 0 Å². The van der Waals surface area contributed by atoms with Crippen LogP contribution in [-0.4, -0.2) is 23.4 Å². The number of aromatic nitrogens is 1.